The van der Waals surface area contributed by atoms with Crippen molar-refractivity contribution >= 4 is 40.6 Å². The summed E-state index contributed by atoms with van der Waals surface area (Å²) in [6, 6.07) is 6.80. The molecule has 2 rings (SSSR count). The molecule has 2 aromatic rings. The van der Waals surface area contributed by atoms with E-state index in [0.29, 0.717) is 39.6 Å². The zero-order valence-electron chi connectivity index (χ0n) is 13.7. The predicted octanol–water partition coefficient (Wildman–Crippen LogP) is 4.76. The number of carbonyl (C=O) groups excluding carboxylic acids is 1. The molecule has 0 spiro atoms. The second kappa shape index (κ2) is 8.85. The molecule has 5 nitrogen and oxygen atoms in total. The van der Waals surface area contributed by atoms with E-state index >= 15 is 0 Å². The number of amides is 1. The number of benzene rings is 1. The zero-order valence-corrected chi connectivity index (χ0v) is 15.2. The van der Waals surface area contributed by atoms with Gasteiger partial charge in [0.2, 0.25) is 0 Å². The highest BCUT2D eigenvalue weighted by Gasteiger charge is 2.12. The highest BCUT2D eigenvalue weighted by atomic mass is 35.5. The van der Waals surface area contributed by atoms with Crippen LogP contribution in [-0.4, -0.2) is 22.4 Å². The van der Waals surface area contributed by atoms with Gasteiger partial charge in [-0.25, -0.2) is 9.97 Å². The summed E-state index contributed by atoms with van der Waals surface area (Å²) in [6.07, 6.45) is 3.14. The van der Waals surface area contributed by atoms with E-state index in [1.54, 1.807) is 31.2 Å². The Hall–Kier alpha value is -1.85. The van der Waals surface area contributed by atoms with Gasteiger partial charge in [0.1, 0.15) is 17.3 Å². The minimum Gasteiger partial charge on any atom is -0.351 e. The number of nitrogens with one attached hydrogen (secondary N) is 2. The molecule has 0 saturated heterocycles. The maximum Gasteiger partial charge on any atom is 0.270 e. The average Bonchev–Trinajstić information content (AvgIpc) is 2.54. The summed E-state index contributed by atoms with van der Waals surface area (Å²) < 4.78 is 0. The van der Waals surface area contributed by atoms with Gasteiger partial charge >= 0.3 is 0 Å². The number of anilines is 2. The molecule has 7 heteroatoms. The summed E-state index contributed by atoms with van der Waals surface area (Å²) in [5.41, 5.74) is 0.859. The Labute approximate surface area is 151 Å². The number of hydrogen-bond donors (Lipinski definition) is 2. The number of aryl methyl sites for hydroxylation is 1. The summed E-state index contributed by atoms with van der Waals surface area (Å²) >= 11 is 12.3. The topological polar surface area (TPSA) is 66.9 Å². The molecule has 0 aliphatic rings. The minimum absolute atomic E-state index is 0.218. The van der Waals surface area contributed by atoms with Crippen molar-refractivity contribution in [3.05, 3.63) is 45.8 Å². The van der Waals surface area contributed by atoms with Gasteiger partial charge in [-0.3, -0.25) is 4.79 Å². The summed E-state index contributed by atoms with van der Waals surface area (Å²) in [5, 5.41) is 6.88. The molecule has 1 aromatic carbocycles. The molecule has 1 aromatic heterocycles. The van der Waals surface area contributed by atoms with Crippen LogP contribution in [0.3, 0.4) is 0 Å². The van der Waals surface area contributed by atoms with E-state index < -0.39 is 0 Å². The molecule has 0 bridgehead atoms. The number of para-hydroxylation sites is 1. The molecule has 0 saturated carbocycles. The van der Waals surface area contributed by atoms with Crippen LogP contribution >= 0.6 is 23.2 Å². The van der Waals surface area contributed by atoms with Gasteiger partial charge in [0.25, 0.3) is 5.91 Å². The first-order valence-corrected chi connectivity index (χ1v) is 8.61. The summed E-state index contributed by atoms with van der Waals surface area (Å²) in [6.45, 7) is 4.48. The van der Waals surface area contributed by atoms with Gasteiger partial charge in [-0.05, 0) is 25.5 Å². The van der Waals surface area contributed by atoms with Crippen LogP contribution < -0.4 is 10.6 Å². The Morgan fingerprint density at radius 2 is 1.88 bits per heavy atom. The fourth-order valence-electron chi connectivity index (χ4n) is 2.16. The van der Waals surface area contributed by atoms with Crippen LogP contribution in [0.1, 0.15) is 42.5 Å². The summed E-state index contributed by atoms with van der Waals surface area (Å²) in [4.78, 5) is 20.7. The average molecular weight is 367 g/mol. The third kappa shape index (κ3) is 5.08. The van der Waals surface area contributed by atoms with Gasteiger partial charge in [-0.15, -0.1) is 0 Å². The fraction of sp³-hybridized carbons (Fsp3) is 0.353. The third-order valence-electron chi connectivity index (χ3n) is 3.35. The van der Waals surface area contributed by atoms with E-state index in [9.17, 15) is 4.79 Å². The van der Waals surface area contributed by atoms with Crippen LogP contribution in [0.15, 0.2) is 24.3 Å². The van der Waals surface area contributed by atoms with E-state index in [-0.39, 0.29) is 5.91 Å². The minimum atomic E-state index is -0.218. The Kier molecular flexibility index (Phi) is 6.82. The monoisotopic (exact) mass is 366 g/mol. The Balaban J connectivity index is 2.15. The number of aromatic nitrogens is 2. The Morgan fingerprint density at radius 1 is 1.17 bits per heavy atom. The van der Waals surface area contributed by atoms with Crippen molar-refractivity contribution in [2.75, 3.05) is 11.9 Å². The van der Waals surface area contributed by atoms with Gasteiger partial charge in [0.05, 0.1) is 15.7 Å². The van der Waals surface area contributed by atoms with Crippen molar-refractivity contribution < 1.29 is 4.79 Å². The molecule has 0 fully saturated rings. The van der Waals surface area contributed by atoms with Gasteiger partial charge in [0, 0.05) is 12.6 Å². The molecular weight excluding hydrogens is 347 g/mol. The van der Waals surface area contributed by atoms with Gasteiger partial charge < -0.3 is 10.6 Å². The predicted molar refractivity (Wildman–Crippen MR) is 98.4 cm³/mol. The second-order valence-electron chi connectivity index (χ2n) is 5.37. The first-order chi connectivity index (χ1) is 11.5. The molecule has 128 valence electrons. The molecule has 0 radical (unpaired) electrons. The number of nitrogens with zero attached hydrogens (tertiary/aromatic N) is 2. The van der Waals surface area contributed by atoms with Crippen LogP contribution in [0.2, 0.25) is 10.0 Å². The molecule has 0 atom stereocenters. The number of hydrogen-bond acceptors (Lipinski definition) is 4. The van der Waals surface area contributed by atoms with E-state index in [2.05, 4.69) is 27.5 Å². The van der Waals surface area contributed by atoms with Crippen molar-refractivity contribution in [2.24, 2.45) is 0 Å². The summed E-state index contributed by atoms with van der Waals surface area (Å²) in [5.74, 6) is 0.739. The molecular formula is C17H20Cl2N4O. The second-order valence-corrected chi connectivity index (χ2v) is 6.18. The van der Waals surface area contributed by atoms with Crippen molar-refractivity contribution in [2.45, 2.75) is 33.1 Å². The van der Waals surface area contributed by atoms with Crippen LogP contribution in [0, 0.1) is 6.92 Å². The van der Waals surface area contributed by atoms with Crippen molar-refractivity contribution in [1.82, 2.24) is 15.3 Å². The van der Waals surface area contributed by atoms with Crippen molar-refractivity contribution in [1.29, 1.82) is 0 Å². The van der Waals surface area contributed by atoms with Gasteiger partial charge in [-0.1, -0.05) is 49.0 Å². The lowest BCUT2D eigenvalue weighted by molar-refractivity contribution is 0.0947. The number of rotatable bonds is 7. The highest BCUT2D eigenvalue weighted by Crippen LogP contribution is 2.32. The first kappa shape index (κ1) is 18.5. The summed E-state index contributed by atoms with van der Waals surface area (Å²) in [7, 11) is 0. The SMILES string of the molecule is CCCCCNC(=O)c1cc(Nc2c(Cl)cccc2Cl)nc(C)n1. The largest absolute Gasteiger partial charge is 0.351 e. The molecule has 0 unspecified atom stereocenters. The van der Waals surface area contributed by atoms with Crippen LogP contribution in [-0.2, 0) is 0 Å². The van der Waals surface area contributed by atoms with E-state index in [4.69, 9.17) is 23.2 Å². The number of halogens is 2. The zero-order chi connectivity index (χ0) is 17.5. The quantitative estimate of drug-likeness (QED) is 0.693. The molecule has 24 heavy (non-hydrogen) atoms. The standard InChI is InChI=1S/C17H20Cl2N4O/c1-3-4-5-9-20-17(24)14-10-15(22-11(2)21-14)23-16-12(18)7-6-8-13(16)19/h6-8,10H,3-5,9H2,1-2H3,(H,20,24)(H,21,22,23). The van der Waals surface area contributed by atoms with E-state index in [1.165, 1.54) is 0 Å². The molecule has 0 aliphatic heterocycles. The molecule has 2 N–H and O–H groups in total. The fourth-order valence-corrected chi connectivity index (χ4v) is 2.65. The molecule has 1 heterocycles. The molecule has 1 amide bonds. The normalized spacial score (nSPS) is 10.5. The van der Waals surface area contributed by atoms with Crippen LogP contribution in [0.25, 0.3) is 0 Å². The van der Waals surface area contributed by atoms with E-state index in [1.807, 2.05) is 0 Å². The highest BCUT2D eigenvalue weighted by molar-refractivity contribution is 6.39. The number of carbonyl (C=O) groups is 1. The lowest BCUT2D eigenvalue weighted by Crippen LogP contribution is -2.25. The maximum absolute atomic E-state index is 12.2. The van der Waals surface area contributed by atoms with E-state index in [0.717, 1.165) is 19.3 Å². The Bertz CT molecular complexity index is 701. The lowest BCUT2D eigenvalue weighted by atomic mass is 10.2. The van der Waals surface area contributed by atoms with Crippen LogP contribution in [0.4, 0.5) is 11.5 Å². The van der Waals surface area contributed by atoms with Gasteiger partial charge in [0.15, 0.2) is 0 Å². The molecule has 0 aliphatic carbocycles. The first-order valence-electron chi connectivity index (χ1n) is 7.86. The Morgan fingerprint density at radius 3 is 2.54 bits per heavy atom. The smallest absolute Gasteiger partial charge is 0.270 e. The maximum atomic E-state index is 12.2. The number of unbranched alkanes of at least 4 members (excludes halogenated alkanes) is 2. The van der Waals surface area contributed by atoms with Crippen molar-refractivity contribution in [3.8, 4) is 0 Å². The van der Waals surface area contributed by atoms with Crippen LogP contribution in [0.5, 0.6) is 0 Å². The van der Waals surface area contributed by atoms with Gasteiger partial charge in [-0.2, -0.15) is 0 Å². The van der Waals surface area contributed by atoms with Crippen molar-refractivity contribution in [3.63, 3.8) is 0 Å². The lowest BCUT2D eigenvalue weighted by Gasteiger charge is -2.11. The third-order valence-corrected chi connectivity index (χ3v) is 3.98.